The summed E-state index contributed by atoms with van der Waals surface area (Å²) in [6.45, 7) is 0.547. The molecule has 0 aromatic heterocycles. The Hall–Kier alpha value is -1.55. The van der Waals surface area contributed by atoms with E-state index in [1.54, 1.807) is 12.1 Å². The summed E-state index contributed by atoms with van der Waals surface area (Å²) >= 11 is 0. The van der Waals surface area contributed by atoms with Crippen LogP contribution >= 0.6 is 12.4 Å². The number of carbonyl (C=O) groups excluding carboxylic acids is 1. The van der Waals surface area contributed by atoms with E-state index in [1.165, 1.54) is 51.4 Å². The standard InChI is InChI=1S/C21H30N2O2.ClH/c22-20(23-19-9-5-2-6-10-19)17-11-13-18(14-12-17)21(24)25-15-16-7-3-1-4-8-16;/h11-14,16,19H,1-10,15H2,(H2,22,23);1H. The van der Waals surface area contributed by atoms with Crippen molar-refractivity contribution >= 4 is 24.2 Å². The molecule has 2 fully saturated rings. The third-order valence-corrected chi connectivity index (χ3v) is 5.49. The normalized spacial score (nSPS) is 19.6. The summed E-state index contributed by atoms with van der Waals surface area (Å²) in [7, 11) is 0. The summed E-state index contributed by atoms with van der Waals surface area (Å²) in [5, 5.41) is 0. The zero-order chi connectivity index (χ0) is 17.5. The van der Waals surface area contributed by atoms with Crippen LogP contribution in [0.1, 0.15) is 80.1 Å². The van der Waals surface area contributed by atoms with Crippen LogP contribution in [0, 0.1) is 5.92 Å². The molecule has 0 aliphatic heterocycles. The minimum absolute atomic E-state index is 0. The Balaban J connectivity index is 0.00000243. The van der Waals surface area contributed by atoms with Crippen molar-refractivity contribution in [2.24, 2.45) is 16.6 Å². The number of ether oxygens (including phenoxy) is 1. The summed E-state index contributed by atoms with van der Waals surface area (Å²) in [5.74, 6) is 0.879. The first-order valence-electron chi connectivity index (χ1n) is 9.83. The number of rotatable bonds is 5. The summed E-state index contributed by atoms with van der Waals surface area (Å²) in [4.78, 5) is 16.9. The number of hydrogen-bond acceptors (Lipinski definition) is 3. The Kier molecular flexibility index (Phi) is 8.43. The highest BCUT2D eigenvalue weighted by Crippen LogP contribution is 2.24. The van der Waals surface area contributed by atoms with E-state index in [9.17, 15) is 4.79 Å². The number of aliphatic imine (C=N–C) groups is 1. The maximum absolute atomic E-state index is 12.2. The van der Waals surface area contributed by atoms with Gasteiger partial charge in [-0.15, -0.1) is 12.4 Å². The molecular formula is C21H31ClN2O2. The maximum Gasteiger partial charge on any atom is 0.338 e. The molecule has 0 radical (unpaired) electrons. The molecule has 2 aliphatic carbocycles. The third kappa shape index (κ3) is 6.01. The molecule has 0 amide bonds. The van der Waals surface area contributed by atoms with Gasteiger partial charge in [-0.3, -0.25) is 4.99 Å². The van der Waals surface area contributed by atoms with E-state index in [1.807, 2.05) is 12.1 Å². The van der Waals surface area contributed by atoms with Crippen LogP contribution in [0.4, 0.5) is 0 Å². The molecule has 3 rings (SSSR count). The van der Waals surface area contributed by atoms with Crippen LogP contribution in [-0.4, -0.2) is 24.5 Å². The second kappa shape index (κ2) is 10.6. The Morgan fingerprint density at radius 2 is 1.46 bits per heavy atom. The van der Waals surface area contributed by atoms with Crippen LogP contribution in [0.15, 0.2) is 29.3 Å². The van der Waals surface area contributed by atoms with Crippen LogP contribution in [0.25, 0.3) is 0 Å². The molecule has 1 aromatic rings. The Bertz CT molecular complexity index is 589. The lowest BCUT2D eigenvalue weighted by atomic mass is 9.90. The van der Waals surface area contributed by atoms with Crippen LogP contribution < -0.4 is 5.73 Å². The molecule has 0 spiro atoms. The van der Waals surface area contributed by atoms with E-state index in [-0.39, 0.29) is 18.4 Å². The van der Waals surface area contributed by atoms with E-state index in [2.05, 4.69) is 4.99 Å². The third-order valence-electron chi connectivity index (χ3n) is 5.49. The van der Waals surface area contributed by atoms with Gasteiger partial charge < -0.3 is 10.5 Å². The van der Waals surface area contributed by atoms with Gasteiger partial charge in [0.05, 0.1) is 18.2 Å². The van der Waals surface area contributed by atoms with Gasteiger partial charge in [-0.05, 0) is 43.7 Å². The second-order valence-electron chi connectivity index (χ2n) is 7.49. The maximum atomic E-state index is 12.2. The molecule has 26 heavy (non-hydrogen) atoms. The van der Waals surface area contributed by atoms with Crippen molar-refractivity contribution in [3.63, 3.8) is 0 Å². The molecule has 0 heterocycles. The van der Waals surface area contributed by atoms with Crippen LogP contribution in [-0.2, 0) is 4.74 Å². The topological polar surface area (TPSA) is 64.7 Å². The van der Waals surface area contributed by atoms with Crippen LogP contribution in [0.2, 0.25) is 0 Å². The second-order valence-corrected chi connectivity index (χ2v) is 7.49. The summed E-state index contributed by atoms with van der Waals surface area (Å²) in [6.07, 6.45) is 12.3. The molecule has 2 saturated carbocycles. The van der Waals surface area contributed by atoms with Crippen molar-refractivity contribution in [1.82, 2.24) is 0 Å². The highest BCUT2D eigenvalue weighted by molar-refractivity contribution is 5.98. The fourth-order valence-corrected chi connectivity index (χ4v) is 3.89. The molecule has 1 aromatic carbocycles. The van der Waals surface area contributed by atoms with Gasteiger partial charge in [-0.25, -0.2) is 4.79 Å². The zero-order valence-electron chi connectivity index (χ0n) is 15.5. The number of benzene rings is 1. The SMILES string of the molecule is Cl.NC(=NC1CCCCC1)c1ccc(C(=O)OCC2CCCCC2)cc1. The molecule has 2 aliphatic rings. The molecule has 0 bridgehead atoms. The van der Waals surface area contributed by atoms with Gasteiger partial charge in [0.1, 0.15) is 5.84 Å². The van der Waals surface area contributed by atoms with Crippen LogP contribution in [0.5, 0.6) is 0 Å². The van der Waals surface area contributed by atoms with Crippen molar-refractivity contribution in [3.05, 3.63) is 35.4 Å². The summed E-state index contributed by atoms with van der Waals surface area (Å²) < 4.78 is 5.49. The van der Waals surface area contributed by atoms with Gasteiger partial charge in [0.2, 0.25) is 0 Å². The average Bonchev–Trinajstić information content (AvgIpc) is 2.68. The van der Waals surface area contributed by atoms with Crippen molar-refractivity contribution < 1.29 is 9.53 Å². The first-order valence-corrected chi connectivity index (χ1v) is 9.83. The van der Waals surface area contributed by atoms with Crippen LogP contribution in [0.3, 0.4) is 0 Å². The van der Waals surface area contributed by atoms with Crippen molar-refractivity contribution in [2.75, 3.05) is 6.61 Å². The van der Waals surface area contributed by atoms with Gasteiger partial charge in [0.25, 0.3) is 0 Å². The predicted molar refractivity (Wildman–Crippen MR) is 108 cm³/mol. The first-order chi connectivity index (χ1) is 12.2. The summed E-state index contributed by atoms with van der Waals surface area (Å²) in [5.41, 5.74) is 7.61. The summed E-state index contributed by atoms with van der Waals surface area (Å²) in [6, 6.07) is 7.69. The molecule has 4 nitrogen and oxygen atoms in total. The van der Waals surface area contributed by atoms with E-state index < -0.39 is 0 Å². The number of halogens is 1. The minimum atomic E-state index is -0.236. The number of hydrogen-bond donors (Lipinski definition) is 1. The lowest BCUT2D eigenvalue weighted by Crippen LogP contribution is -2.20. The molecule has 5 heteroatoms. The van der Waals surface area contributed by atoms with Gasteiger partial charge in [-0.1, -0.05) is 50.7 Å². The van der Waals surface area contributed by atoms with E-state index >= 15 is 0 Å². The highest BCUT2D eigenvalue weighted by atomic mass is 35.5. The lowest BCUT2D eigenvalue weighted by Gasteiger charge is -2.21. The van der Waals surface area contributed by atoms with Crippen molar-refractivity contribution in [1.29, 1.82) is 0 Å². The predicted octanol–water partition coefficient (Wildman–Crippen LogP) is 4.88. The number of nitrogens with two attached hydrogens (primary N) is 1. The van der Waals surface area contributed by atoms with E-state index in [0.29, 0.717) is 30.0 Å². The van der Waals surface area contributed by atoms with Crippen molar-refractivity contribution in [3.8, 4) is 0 Å². The monoisotopic (exact) mass is 378 g/mol. The number of amidine groups is 1. The largest absolute Gasteiger partial charge is 0.462 e. The molecular weight excluding hydrogens is 348 g/mol. The fourth-order valence-electron chi connectivity index (χ4n) is 3.89. The smallest absolute Gasteiger partial charge is 0.338 e. The van der Waals surface area contributed by atoms with Gasteiger partial charge in [0, 0.05) is 5.56 Å². The van der Waals surface area contributed by atoms with Crippen molar-refractivity contribution in [2.45, 2.75) is 70.3 Å². The Morgan fingerprint density at radius 1 is 0.923 bits per heavy atom. The minimum Gasteiger partial charge on any atom is -0.462 e. The molecule has 0 unspecified atom stereocenters. The van der Waals surface area contributed by atoms with Gasteiger partial charge in [-0.2, -0.15) is 0 Å². The molecule has 2 N–H and O–H groups in total. The molecule has 0 atom stereocenters. The average molecular weight is 379 g/mol. The fraction of sp³-hybridized carbons (Fsp3) is 0.619. The van der Waals surface area contributed by atoms with E-state index in [4.69, 9.17) is 10.5 Å². The van der Waals surface area contributed by atoms with Gasteiger partial charge >= 0.3 is 5.97 Å². The number of nitrogens with zero attached hydrogens (tertiary/aromatic N) is 1. The lowest BCUT2D eigenvalue weighted by molar-refractivity contribution is 0.0410. The zero-order valence-corrected chi connectivity index (χ0v) is 16.3. The first kappa shape index (κ1) is 20.8. The highest BCUT2D eigenvalue weighted by Gasteiger charge is 2.17. The number of esters is 1. The van der Waals surface area contributed by atoms with Gasteiger partial charge in [0.15, 0.2) is 0 Å². The molecule has 144 valence electrons. The quantitative estimate of drug-likeness (QED) is 0.451. The Labute approximate surface area is 163 Å². The Morgan fingerprint density at radius 3 is 2.08 bits per heavy atom. The molecule has 0 saturated heterocycles. The number of carbonyl (C=O) groups is 1. The van der Waals surface area contributed by atoms with E-state index in [0.717, 1.165) is 18.4 Å².